The highest BCUT2D eigenvalue weighted by atomic mass is 32.2. The number of amides is 1. The van der Waals surface area contributed by atoms with E-state index >= 15 is 0 Å². The summed E-state index contributed by atoms with van der Waals surface area (Å²) in [6.45, 7) is 2.75. The standard InChI is InChI=1S/C16H23N5O4S2/c1-3-25-12-4-6-13(7-5-12)27(23,24)18-11-9-15(22)17-10-8-14-19-20-16(26)21(14)2/h4-7,18H,3,8-11H2,1-2H3,(H,17,22)(H,20,26). The number of benzene rings is 1. The molecule has 1 aromatic carbocycles. The Hall–Kier alpha value is -2.24. The van der Waals surface area contributed by atoms with Crippen molar-refractivity contribution < 1.29 is 17.9 Å². The lowest BCUT2D eigenvalue weighted by atomic mass is 10.3. The van der Waals surface area contributed by atoms with Crippen LogP contribution in [0.4, 0.5) is 0 Å². The molecule has 11 heteroatoms. The van der Waals surface area contributed by atoms with Gasteiger partial charge < -0.3 is 14.6 Å². The van der Waals surface area contributed by atoms with Gasteiger partial charge in [-0.25, -0.2) is 13.1 Å². The molecule has 0 aliphatic heterocycles. The fraction of sp³-hybridized carbons (Fsp3) is 0.438. The molecule has 0 saturated heterocycles. The van der Waals surface area contributed by atoms with Crippen molar-refractivity contribution in [2.24, 2.45) is 7.05 Å². The second-order valence-electron chi connectivity index (χ2n) is 5.66. The number of ether oxygens (including phenoxy) is 1. The molecule has 1 amide bonds. The summed E-state index contributed by atoms with van der Waals surface area (Å²) in [5, 5.41) is 9.45. The average Bonchev–Trinajstić information content (AvgIpc) is 2.94. The van der Waals surface area contributed by atoms with Gasteiger partial charge in [-0.15, -0.1) is 0 Å². The summed E-state index contributed by atoms with van der Waals surface area (Å²) in [4.78, 5) is 12.0. The zero-order valence-corrected chi connectivity index (χ0v) is 16.8. The first-order valence-corrected chi connectivity index (χ1v) is 10.3. The van der Waals surface area contributed by atoms with Crippen molar-refractivity contribution in [2.75, 3.05) is 19.7 Å². The quantitative estimate of drug-likeness (QED) is 0.498. The number of nitrogens with zero attached hydrogens (tertiary/aromatic N) is 2. The van der Waals surface area contributed by atoms with E-state index in [0.29, 0.717) is 30.1 Å². The van der Waals surface area contributed by atoms with E-state index in [1.54, 1.807) is 23.7 Å². The summed E-state index contributed by atoms with van der Waals surface area (Å²) in [6.07, 6.45) is 0.558. The van der Waals surface area contributed by atoms with Crippen molar-refractivity contribution in [1.29, 1.82) is 0 Å². The van der Waals surface area contributed by atoms with E-state index in [1.807, 2.05) is 6.92 Å². The van der Waals surface area contributed by atoms with E-state index in [-0.39, 0.29) is 23.8 Å². The molecule has 0 saturated carbocycles. The van der Waals surface area contributed by atoms with Crippen LogP contribution in [0.15, 0.2) is 29.2 Å². The number of nitrogens with one attached hydrogen (secondary N) is 3. The van der Waals surface area contributed by atoms with Crippen molar-refractivity contribution in [3.8, 4) is 5.75 Å². The summed E-state index contributed by atoms with van der Waals surface area (Å²) in [5.41, 5.74) is 0. The molecule has 0 bridgehead atoms. The second kappa shape index (κ2) is 9.62. The van der Waals surface area contributed by atoms with E-state index < -0.39 is 10.0 Å². The number of aromatic amines is 1. The molecule has 1 aromatic heterocycles. The summed E-state index contributed by atoms with van der Waals surface area (Å²) >= 11 is 5.01. The van der Waals surface area contributed by atoms with Crippen molar-refractivity contribution in [2.45, 2.75) is 24.7 Å². The monoisotopic (exact) mass is 413 g/mol. The maximum Gasteiger partial charge on any atom is 0.240 e. The number of hydrogen-bond acceptors (Lipinski definition) is 6. The normalized spacial score (nSPS) is 11.3. The molecule has 0 atom stereocenters. The van der Waals surface area contributed by atoms with Gasteiger partial charge in [0.15, 0.2) is 4.77 Å². The van der Waals surface area contributed by atoms with E-state index in [9.17, 15) is 13.2 Å². The molecule has 0 aliphatic rings. The third kappa shape index (κ3) is 6.15. The predicted octanol–water partition coefficient (Wildman–Crippen LogP) is 0.904. The molecular formula is C16H23N5O4S2. The lowest BCUT2D eigenvalue weighted by molar-refractivity contribution is -0.120. The Morgan fingerprint density at radius 3 is 2.59 bits per heavy atom. The van der Waals surface area contributed by atoms with Crippen LogP contribution in [0.25, 0.3) is 0 Å². The Bertz CT molecular complexity index is 919. The molecule has 9 nitrogen and oxygen atoms in total. The third-order valence-corrected chi connectivity index (χ3v) is 5.57. The van der Waals surface area contributed by atoms with Crippen LogP contribution in [0.3, 0.4) is 0 Å². The molecule has 0 fully saturated rings. The molecule has 3 N–H and O–H groups in total. The van der Waals surface area contributed by atoms with Gasteiger partial charge in [-0.05, 0) is 43.4 Å². The van der Waals surface area contributed by atoms with E-state index in [1.165, 1.54) is 12.1 Å². The first kappa shape index (κ1) is 21.1. The van der Waals surface area contributed by atoms with Gasteiger partial charge in [0, 0.05) is 33.0 Å². The Kier molecular flexibility index (Phi) is 7.51. The van der Waals surface area contributed by atoms with Crippen LogP contribution >= 0.6 is 12.2 Å². The minimum atomic E-state index is -3.67. The van der Waals surface area contributed by atoms with Crippen LogP contribution in [0.2, 0.25) is 0 Å². The number of rotatable bonds is 10. The molecular weight excluding hydrogens is 390 g/mol. The largest absolute Gasteiger partial charge is 0.494 e. The van der Waals surface area contributed by atoms with Gasteiger partial charge in [0.25, 0.3) is 0 Å². The predicted molar refractivity (Wildman–Crippen MR) is 103 cm³/mol. The first-order chi connectivity index (χ1) is 12.8. The molecule has 2 aromatic rings. The van der Waals surface area contributed by atoms with Crippen LogP contribution < -0.4 is 14.8 Å². The van der Waals surface area contributed by atoms with E-state index in [0.717, 1.165) is 5.82 Å². The number of sulfonamides is 1. The summed E-state index contributed by atoms with van der Waals surface area (Å²) in [5.74, 6) is 1.09. The number of aromatic nitrogens is 3. The number of hydrogen-bond donors (Lipinski definition) is 3. The summed E-state index contributed by atoms with van der Waals surface area (Å²) in [7, 11) is -1.88. The van der Waals surface area contributed by atoms with Crippen LogP contribution in [0, 0.1) is 4.77 Å². The van der Waals surface area contributed by atoms with E-state index in [4.69, 9.17) is 17.0 Å². The lowest BCUT2D eigenvalue weighted by Gasteiger charge is -2.08. The highest BCUT2D eigenvalue weighted by Gasteiger charge is 2.14. The molecule has 2 rings (SSSR count). The SMILES string of the molecule is CCOc1ccc(S(=O)(=O)NCCC(=O)NCCc2n[nH]c(=S)n2C)cc1. The smallest absolute Gasteiger partial charge is 0.240 e. The van der Waals surface area contributed by atoms with Gasteiger partial charge in [0.05, 0.1) is 11.5 Å². The van der Waals surface area contributed by atoms with Crippen molar-refractivity contribution in [3.05, 3.63) is 34.9 Å². The Morgan fingerprint density at radius 2 is 2.00 bits per heavy atom. The number of carbonyl (C=O) groups is 1. The maximum atomic E-state index is 12.2. The summed E-state index contributed by atoms with van der Waals surface area (Å²) < 4.78 is 34.4. The Labute approximate surface area is 163 Å². The van der Waals surface area contributed by atoms with E-state index in [2.05, 4.69) is 20.2 Å². The molecule has 0 unspecified atom stereocenters. The van der Waals surface area contributed by atoms with Gasteiger partial charge in [-0.2, -0.15) is 5.10 Å². The van der Waals surface area contributed by atoms with Crippen LogP contribution in [-0.4, -0.2) is 48.8 Å². The first-order valence-electron chi connectivity index (χ1n) is 8.43. The van der Waals surface area contributed by atoms with Crippen LogP contribution in [-0.2, 0) is 28.3 Å². The second-order valence-corrected chi connectivity index (χ2v) is 7.81. The van der Waals surface area contributed by atoms with Gasteiger partial charge in [-0.1, -0.05) is 0 Å². The van der Waals surface area contributed by atoms with Crippen LogP contribution in [0.1, 0.15) is 19.2 Å². The minimum absolute atomic E-state index is 0.00781. The molecule has 1 heterocycles. The highest BCUT2D eigenvalue weighted by Crippen LogP contribution is 2.15. The van der Waals surface area contributed by atoms with Gasteiger partial charge in [0.1, 0.15) is 11.6 Å². The fourth-order valence-electron chi connectivity index (χ4n) is 2.27. The molecule has 0 spiro atoms. The lowest BCUT2D eigenvalue weighted by Crippen LogP contribution is -2.32. The van der Waals surface area contributed by atoms with Crippen molar-refractivity contribution in [1.82, 2.24) is 24.8 Å². The zero-order chi connectivity index (χ0) is 19.9. The van der Waals surface area contributed by atoms with Gasteiger partial charge >= 0.3 is 0 Å². The maximum absolute atomic E-state index is 12.2. The molecule has 0 aliphatic carbocycles. The molecule has 148 valence electrons. The number of carbonyl (C=O) groups excluding carboxylic acids is 1. The topological polar surface area (TPSA) is 118 Å². The fourth-order valence-corrected chi connectivity index (χ4v) is 3.45. The average molecular weight is 414 g/mol. The third-order valence-electron chi connectivity index (χ3n) is 3.73. The molecule has 27 heavy (non-hydrogen) atoms. The Balaban J connectivity index is 1.74. The van der Waals surface area contributed by atoms with Gasteiger partial charge in [-0.3, -0.25) is 9.89 Å². The number of H-pyrrole nitrogens is 1. The Morgan fingerprint density at radius 1 is 1.30 bits per heavy atom. The molecule has 0 radical (unpaired) electrons. The highest BCUT2D eigenvalue weighted by molar-refractivity contribution is 7.89. The minimum Gasteiger partial charge on any atom is -0.494 e. The van der Waals surface area contributed by atoms with Crippen LogP contribution in [0.5, 0.6) is 5.75 Å². The zero-order valence-electron chi connectivity index (χ0n) is 15.2. The van der Waals surface area contributed by atoms with Crippen molar-refractivity contribution >= 4 is 28.1 Å². The van der Waals surface area contributed by atoms with Crippen molar-refractivity contribution in [3.63, 3.8) is 0 Å². The summed E-state index contributed by atoms with van der Waals surface area (Å²) in [6, 6.07) is 6.11. The van der Waals surface area contributed by atoms with Gasteiger partial charge in [0.2, 0.25) is 15.9 Å².